The van der Waals surface area contributed by atoms with Crippen LogP contribution in [-0.4, -0.2) is 66.3 Å². The second-order valence-electron chi connectivity index (χ2n) is 7.42. The smallest absolute Gasteiger partial charge is 0.307 e. The molecule has 1 amide bonds. The number of benzene rings is 1. The number of nitrogens with zero attached hydrogens (tertiary/aromatic N) is 2. The lowest BCUT2D eigenvalue weighted by Gasteiger charge is -2.35. The van der Waals surface area contributed by atoms with E-state index in [2.05, 4.69) is 15.1 Å². The van der Waals surface area contributed by atoms with E-state index in [0.29, 0.717) is 18.5 Å². The van der Waals surface area contributed by atoms with Crippen molar-refractivity contribution in [1.29, 1.82) is 0 Å². The van der Waals surface area contributed by atoms with Crippen LogP contribution in [-0.2, 0) is 9.59 Å². The zero-order valence-corrected chi connectivity index (χ0v) is 15.6. The quantitative estimate of drug-likeness (QED) is 0.700. The Kier molecular flexibility index (Phi) is 6.68. The van der Waals surface area contributed by atoms with Gasteiger partial charge in [0.05, 0.1) is 18.4 Å². The van der Waals surface area contributed by atoms with Gasteiger partial charge in [0.25, 0.3) is 0 Å². The van der Waals surface area contributed by atoms with Gasteiger partial charge in [0.15, 0.2) is 0 Å². The van der Waals surface area contributed by atoms with Crippen LogP contribution in [0.2, 0.25) is 0 Å². The van der Waals surface area contributed by atoms with Gasteiger partial charge in [-0.2, -0.15) is 0 Å². The summed E-state index contributed by atoms with van der Waals surface area (Å²) in [4.78, 5) is 28.5. The number of carboxylic acid groups (broad SMARTS) is 1. The standard InChI is InChI=1S/C20H29N3O4/c24-14-13-22-9-11-23(12-10-22)16-7-5-15(6-8-16)21-19(25)17-3-1-2-4-18(17)20(26)27/h5-8,17-18,24H,1-4,9-14H2,(H,21,25)(H,26,27)/t17-,18+/m0/s1. The number of nitrogens with one attached hydrogen (secondary N) is 1. The number of carbonyl (C=O) groups excluding carboxylic acids is 1. The molecule has 1 aromatic carbocycles. The maximum atomic E-state index is 12.6. The summed E-state index contributed by atoms with van der Waals surface area (Å²) < 4.78 is 0. The molecule has 1 aliphatic heterocycles. The lowest BCUT2D eigenvalue weighted by molar-refractivity contribution is -0.147. The third-order valence-electron chi connectivity index (χ3n) is 5.71. The lowest BCUT2D eigenvalue weighted by Crippen LogP contribution is -2.47. The van der Waals surface area contributed by atoms with Gasteiger partial charge >= 0.3 is 5.97 Å². The highest BCUT2D eigenvalue weighted by molar-refractivity contribution is 5.95. The summed E-state index contributed by atoms with van der Waals surface area (Å²) in [5.41, 5.74) is 1.81. The number of aliphatic carboxylic acids is 1. The number of aliphatic hydroxyl groups excluding tert-OH is 1. The molecule has 1 heterocycles. The molecule has 148 valence electrons. The van der Waals surface area contributed by atoms with Crippen LogP contribution in [0, 0.1) is 11.8 Å². The first-order valence-electron chi connectivity index (χ1n) is 9.80. The molecule has 7 heteroatoms. The molecule has 3 N–H and O–H groups in total. The van der Waals surface area contributed by atoms with Gasteiger partial charge in [0, 0.05) is 44.1 Å². The molecule has 1 saturated heterocycles. The SMILES string of the molecule is O=C(Nc1ccc(N2CCN(CCO)CC2)cc1)[C@H]1CCCC[C@H]1C(=O)O. The van der Waals surface area contributed by atoms with Crippen molar-refractivity contribution in [3.05, 3.63) is 24.3 Å². The van der Waals surface area contributed by atoms with E-state index in [1.54, 1.807) is 0 Å². The first kappa shape index (κ1) is 19.6. The summed E-state index contributed by atoms with van der Waals surface area (Å²) in [6.45, 7) is 4.59. The van der Waals surface area contributed by atoms with Crippen LogP contribution in [0.25, 0.3) is 0 Å². The van der Waals surface area contributed by atoms with Crippen LogP contribution in [0.15, 0.2) is 24.3 Å². The second kappa shape index (κ2) is 9.19. The molecule has 0 spiro atoms. The molecule has 0 radical (unpaired) electrons. The third kappa shape index (κ3) is 4.99. The Morgan fingerprint density at radius 3 is 2.22 bits per heavy atom. The Balaban J connectivity index is 1.56. The number of hydrogen-bond acceptors (Lipinski definition) is 5. The fraction of sp³-hybridized carbons (Fsp3) is 0.600. The lowest BCUT2D eigenvalue weighted by atomic mass is 9.78. The van der Waals surface area contributed by atoms with Gasteiger partial charge in [0.1, 0.15) is 0 Å². The summed E-state index contributed by atoms with van der Waals surface area (Å²) in [5, 5.41) is 21.3. The Labute approximate surface area is 160 Å². The maximum absolute atomic E-state index is 12.6. The normalized spacial score (nSPS) is 23.8. The van der Waals surface area contributed by atoms with Gasteiger partial charge in [0.2, 0.25) is 5.91 Å². The van der Waals surface area contributed by atoms with Crippen molar-refractivity contribution in [3.63, 3.8) is 0 Å². The third-order valence-corrected chi connectivity index (χ3v) is 5.71. The highest BCUT2D eigenvalue weighted by Crippen LogP contribution is 2.31. The molecule has 1 saturated carbocycles. The fourth-order valence-electron chi connectivity index (χ4n) is 4.10. The molecule has 3 rings (SSSR count). The number of β-amino-alcohol motifs (C(OH)–C–C–N with tert-alkyl or cyclic N) is 1. The monoisotopic (exact) mass is 375 g/mol. The van der Waals surface area contributed by atoms with Crippen molar-refractivity contribution in [2.24, 2.45) is 11.8 Å². The van der Waals surface area contributed by atoms with Gasteiger partial charge in [-0.05, 0) is 37.1 Å². The minimum Gasteiger partial charge on any atom is -0.481 e. The first-order chi connectivity index (χ1) is 13.1. The zero-order valence-electron chi connectivity index (χ0n) is 15.6. The average Bonchev–Trinajstić information content (AvgIpc) is 2.69. The van der Waals surface area contributed by atoms with E-state index in [-0.39, 0.29) is 12.5 Å². The largest absolute Gasteiger partial charge is 0.481 e. The molecule has 0 aromatic heterocycles. The van der Waals surface area contributed by atoms with Gasteiger partial charge < -0.3 is 20.4 Å². The maximum Gasteiger partial charge on any atom is 0.307 e. The van der Waals surface area contributed by atoms with Crippen molar-refractivity contribution >= 4 is 23.3 Å². The molecule has 2 atom stereocenters. The van der Waals surface area contributed by atoms with Crippen LogP contribution in [0.4, 0.5) is 11.4 Å². The van der Waals surface area contributed by atoms with Gasteiger partial charge in [-0.3, -0.25) is 14.5 Å². The van der Waals surface area contributed by atoms with Crippen LogP contribution >= 0.6 is 0 Å². The molecule has 27 heavy (non-hydrogen) atoms. The van der Waals surface area contributed by atoms with E-state index in [1.807, 2.05) is 24.3 Å². The van der Waals surface area contributed by atoms with Crippen molar-refractivity contribution in [3.8, 4) is 0 Å². The Bertz CT molecular complexity index is 641. The minimum atomic E-state index is -0.870. The van der Waals surface area contributed by atoms with E-state index < -0.39 is 17.8 Å². The summed E-state index contributed by atoms with van der Waals surface area (Å²) in [6.07, 6.45) is 3.00. The van der Waals surface area contributed by atoms with E-state index in [4.69, 9.17) is 5.11 Å². The molecular weight excluding hydrogens is 346 g/mol. The number of carbonyl (C=O) groups is 2. The number of aliphatic hydroxyl groups is 1. The molecule has 1 aliphatic carbocycles. The van der Waals surface area contributed by atoms with Gasteiger partial charge in [-0.1, -0.05) is 12.8 Å². The summed E-state index contributed by atoms with van der Waals surface area (Å²) >= 11 is 0. The van der Waals surface area contributed by atoms with Crippen LogP contribution in [0.5, 0.6) is 0 Å². The van der Waals surface area contributed by atoms with Crippen molar-refractivity contribution in [2.75, 3.05) is 49.5 Å². The van der Waals surface area contributed by atoms with E-state index in [9.17, 15) is 14.7 Å². The summed E-state index contributed by atoms with van der Waals surface area (Å²) in [5.74, 6) is -2.08. The summed E-state index contributed by atoms with van der Waals surface area (Å²) in [6, 6.07) is 7.75. The first-order valence-corrected chi connectivity index (χ1v) is 9.80. The second-order valence-corrected chi connectivity index (χ2v) is 7.42. The topological polar surface area (TPSA) is 93.1 Å². The van der Waals surface area contributed by atoms with Crippen LogP contribution in [0.3, 0.4) is 0 Å². The van der Waals surface area contributed by atoms with Gasteiger partial charge in [-0.25, -0.2) is 0 Å². The molecule has 1 aromatic rings. The Morgan fingerprint density at radius 2 is 1.63 bits per heavy atom. The Morgan fingerprint density at radius 1 is 1.00 bits per heavy atom. The van der Waals surface area contributed by atoms with Crippen LogP contribution in [0.1, 0.15) is 25.7 Å². The van der Waals surface area contributed by atoms with E-state index in [1.165, 1.54) is 0 Å². The highest BCUT2D eigenvalue weighted by atomic mass is 16.4. The number of hydrogen-bond donors (Lipinski definition) is 3. The molecule has 0 unspecified atom stereocenters. The van der Waals surface area contributed by atoms with Crippen molar-refractivity contribution < 1.29 is 19.8 Å². The number of piperazine rings is 1. The molecule has 7 nitrogen and oxygen atoms in total. The average molecular weight is 375 g/mol. The molecule has 0 bridgehead atoms. The number of amides is 1. The van der Waals surface area contributed by atoms with Crippen molar-refractivity contribution in [1.82, 2.24) is 4.90 Å². The molecule has 2 aliphatic rings. The highest BCUT2D eigenvalue weighted by Gasteiger charge is 2.35. The number of anilines is 2. The zero-order chi connectivity index (χ0) is 19.2. The predicted octanol–water partition coefficient (Wildman–Crippen LogP) is 1.63. The van der Waals surface area contributed by atoms with Crippen LogP contribution < -0.4 is 10.2 Å². The molecule has 2 fully saturated rings. The van der Waals surface area contributed by atoms with E-state index >= 15 is 0 Å². The van der Waals surface area contributed by atoms with E-state index in [0.717, 1.165) is 51.3 Å². The number of carboxylic acids is 1. The van der Waals surface area contributed by atoms with Crippen molar-refractivity contribution in [2.45, 2.75) is 25.7 Å². The minimum absolute atomic E-state index is 0.188. The Hall–Kier alpha value is -2.12. The summed E-state index contributed by atoms with van der Waals surface area (Å²) in [7, 11) is 0. The molecular formula is C20H29N3O4. The van der Waals surface area contributed by atoms with Gasteiger partial charge in [-0.15, -0.1) is 0 Å². The fourth-order valence-corrected chi connectivity index (χ4v) is 4.10. The predicted molar refractivity (Wildman–Crippen MR) is 104 cm³/mol. The number of rotatable bonds is 6.